The average Bonchev–Trinajstić information content (AvgIpc) is 2.75. The van der Waals surface area contributed by atoms with Gasteiger partial charge in [-0.1, -0.05) is 27.7 Å². The third kappa shape index (κ3) is 2.58. The lowest BCUT2D eigenvalue weighted by atomic mass is 9.74. The van der Waals surface area contributed by atoms with E-state index in [4.69, 9.17) is 0 Å². The van der Waals surface area contributed by atoms with Crippen molar-refractivity contribution < 1.29 is 5.11 Å². The van der Waals surface area contributed by atoms with E-state index in [1.807, 2.05) is 4.68 Å². The highest BCUT2D eigenvalue weighted by atomic mass is 16.3. The van der Waals surface area contributed by atoms with E-state index in [1.54, 1.807) is 0 Å². The van der Waals surface area contributed by atoms with E-state index in [-0.39, 0.29) is 17.6 Å². The normalized spacial score (nSPS) is 27.4. The molecular formula is C14H25N3O. The van der Waals surface area contributed by atoms with Gasteiger partial charge in [-0.2, -0.15) is 5.10 Å². The summed E-state index contributed by atoms with van der Waals surface area (Å²) in [6, 6.07) is 0.0940. The van der Waals surface area contributed by atoms with Gasteiger partial charge in [-0.25, -0.2) is 9.67 Å². The summed E-state index contributed by atoms with van der Waals surface area (Å²) in [5.41, 5.74) is 0.285. The van der Waals surface area contributed by atoms with E-state index in [0.717, 1.165) is 43.8 Å². The second-order valence-electron chi connectivity index (χ2n) is 6.14. The van der Waals surface area contributed by atoms with Crippen LogP contribution in [0.25, 0.3) is 0 Å². The Kier molecular flexibility index (Phi) is 3.76. The molecule has 0 saturated heterocycles. The maximum atomic E-state index is 10.3. The van der Waals surface area contributed by atoms with Gasteiger partial charge in [0, 0.05) is 12.8 Å². The number of aromatic nitrogens is 3. The molecule has 1 fully saturated rings. The topological polar surface area (TPSA) is 50.9 Å². The zero-order chi connectivity index (χ0) is 13.3. The molecular weight excluding hydrogens is 226 g/mol. The third-order valence-electron chi connectivity index (χ3n) is 4.02. The minimum atomic E-state index is -0.283. The van der Waals surface area contributed by atoms with Crippen molar-refractivity contribution in [1.82, 2.24) is 14.8 Å². The van der Waals surface area contributed by atoms with Crippen LogP contribution in [0.4, 0.5) is 0 Å². The Balaban J connectivity index is 2.31. The number of rotatable bonds is 3. The molecule has 1 N–H and O–H groups in total. The monoisotopic (exact) mass is 251 g/mol. The quantitative estimate of drug-likeness (QED) is 0.898. The van der Waals surface area contributed by atoms with Gasteiger partial charge in [0.1, 0.15) is 5.82 Å². The zero-order valence-electron chi connectivity index (χ0n) is 12.0. The first-order valence-corrected chi connectivity index (χ1v) is 7.09. The molecule has 18 heavy (non-hydrogen) atoms. The first-order valence-electron chi connectivity index (χ1n) is 7.09. The van der Waals surface area contributed by atoms with Gasteiger partial charge in [0.2, 0.25) is 0 Å². The standard InChI is InChI=1S/C14H25N3O/c1-5-12-15-13(6-2)17(16-12)10-9-14(3,4)8-7-11(10)18/h10-11,18H,5-9H2,1-4H3. The summed E-state index contributed by atoms with van der Waals surface area (Å²) in [6.45, 7) is 8.71. The minimum absolute atomic E-state index is 0.0940. The average molecular weight is 251 g/mol. The summed E-state index contributed by atoms with van der Waals surface area (Å²) in [5.74, 6) is 1.90. The number of hydrogen-bond donors (Lipinski definition) is 1. The van der Waals surface area contributed by atoms with E-state index in [0.29, 0.717) is 0 Å². The molecule has 102 valence electrons. The second-order valence-corrected chi connectivity index (χ2v) is 6.14. The van der Waals surface area contributed by atoms with Gasteiger partial charge in [0.05, 0.1) is 12.1 Å². The molecule has 0 aliphatic heterocycles. The molecule has 2 atom stereocenters. The van der Waals surface area contributed by atoms with Crippen molar-refractivity contribution >= 4 is 0 Å². The molecule has 0 aromatic carbocycles. The van der Waals surface area contributed by atoms with Crippen LogP contribution in [0.1, 0.15) is 64.6 Å². The Morgan fingerprint density at radius 2 is 2.06 bits per heavy atom. The van der Waals surface area contributed by atoms with E-state index < -0.39 is 0 Å². The van der Waals surface area contributed by atoms with Gasteiger partial charge in [0.15, 0.2) is 5.82 Å². The predicted molar refractivity (Wildman–Crippen MR) is 71.5 cm³/mol. The first kappa shape index (κ1) is 13.5. The van der Waals surface area contributed by atoms with Crippen molar-refractivity contribution in [3.63, 3.8) is 0 Å². The van der Waals surface area contributed by atoms with Gasteiger partial charge in [-0.3, -0.25) is 0 Å². The van der Waals surface area contributed by atoms with Crippen LogP contribution in [0.5, 0.6) is 0 Å². The molecule has 1 heterocycles. The summed E-state index contributed by atoms with van der Waals surface area (Å²) in [6.07, 6.45) is 4.37. The van der Waals surface area contributed by atoms with Gasteiger partial charge in [0.25, 0.3) is 0 Å². The van der Waals surface area contributed by atoms with Crippen LogP contribution in [-0.4, -0.2) is 26.0 Å². The molecule has 1 aliphatic rings. The molecule has 2 rings (SSSR count). The lowest BCUT2D eigenvalue weighted by Gasteiger charge is -2.38. The van der Waals surface area contributed by atoms with Crippen LogP contribution < -0.4 is 0 Å². The molecule has 4 nitrogen and oxygen atoms in total. The van der Waals surface area contributed by atoms with Crippen LogP contribution >= 0.6 is 0 Å². The van der Waals surface area contributed by atoms with Crippen LogP contribution in [0.2, 0.25) is 0 Å². The fourth-order valence-electron chi connectivity index (χ4n) is 2.85. The van der Waals surface area contributed by atoms with Crippen LogP contribution in [0.15, 0.2) is 0 Å². The number of aryl methyl sites for hydroxylation is 2. The molecule has 4 heteroatoms. The van der Waals surface area contributed by atoms with Gasteiger partial charge in [-0.05, 0) is 24.7 Å². The van der Waals surface area contributed by atoms with Crippen LogP contribution in [0, 0.1) is 5.41 Å². The predicted octanol–water partition coefficient (Wildman–Crippen LogP) is 2.52. The summed E-state index contributed by atoms with van der Waals surface area (Å²) >= 11 is 0. The largest absolute Gasteiger partial charge is 0.391 e. The molecule has 0 spiro atoms. The minimum Gasteiger partial charge on any atom is -0.391 e. The number of hydrogen-bond acceptors (Lipinski definition) is 3. The fourth-order valence-corrected chi connectivity index (χ4v) is 2.85. The third-order valence-corrected chi connectivity index (χ3v) is 4.02. The zero-order valence-corrected chi connectivity index (χ0v) is 12.0. The Hall–Kier alpha value is -0.900. The van der Waals surface area contributed by atoms with Crippen molar-refractivity contribution in [2.45, 2.75) is 71.9 Å². The van der Waals surface area contributed by atoms with Crippen LogP contribution in [-0.2, 0) is 12.8 Å². The van der Waals surface area contributed by atoms with Gasteiger partial charge >= 0.3 is 0 Å². The number of nitrogens with zero attached hydrogens (tertiary/aromatic N) is 3. The van der Waals surface area contributed by atoms with E-state index >= 15 is 0 Å². The summed E-state index contributed by atoms with van der Waals surface area (Å²) < 4.78 is 1.99. The molecule has 0 bridgehead atoms. The summed E-state index contributed by atoms with van der Waals surface area (Å²) in [4.78, 5) is 4.55. The Morgan fingerprint density at radius 3 is 2.67 bits per heavy atom. The first-order chi connectivity index (χ1) is 8.46. The highest BCUT2D eigenvalue weighted by Gasteiger charge is 2.36. The van der Waals surface area contributed by atoms with Gasteiger partial charge < -0.3 is 5.11 Å². The molecule has 1 aliphatic carbocycles. The van der Waals surface area contributed by atoms with Crippen molar-refractivity contribution in [2.75, 3.05) is 0 Å². The number of aliphatic hydroxyl groups is 1. The maximum absolute atomic E-state index is 10.3. The van der Waals surface area contributed by atoms with Crippen molar-refractivity contribution in [3.8, 4) is 0 Å². The molecule has 0 radical (unpaired) electrons. The Morgan fingerprint density at radius 1 is 1.33 bits per heavy atom. The lowest BCUT2D eigenvalue weighted by molar-refractivity contribution is 0.0212. The Labute approximate surface area is 109 Å². The fraction of sp³-hybridized carbons (Fsp3) is 0.857. The summed E-state index contributed by atoms with van der Waals surface area (Å²) in [7, 11) is 0. The molecule has 1 saturated carbocycles. The maximum Gasteiger partial charge on any atom is 0.150 e. The van der Waals surface area contributed by atoms with E-state index in [2.05, 4.69) is 37.8 Å². The Bertz CT molecular complexity index is 411. The highest BCUT2D eigenvalue weighted by molar-refractivity contribution is 4.98. The highest BCUT2D eigenvalue weighted by Crippen LogP contribution is 2.41. The lowest BCUT2D eigenvalue weighted by Crippen LogP contribution is -2.36. The van der Waals surface area contributed by atoms with Gasteiger partial charge in [-0.15, -0.1) is 0 Å². The van der Waals surface area contributed by atoms with Crippen LogP contribution in [0.3, 0.4) is 0 Å². The van der Waals surface area contributed by atoms with Crippen molar-refractivity contribution in [2.24, 2.45) is 5.41 Å². The molecule has 1 aromatic heterocycles. The SMILES string of the molecule is CCc1nc(CC)n(C2CC(C)(C)CCC2O)n1. The smallest absolute Gasteiger partial charge is 0.150 e. The molecule has 0 amide bonds. The summed E-state index contributed by atoms with van der Waals surface area (Å²) in [5, 5.41) is 14.9. The number of aliphatic hydroxyl groups excluding tert-OH is 1. The molecule has 1 aromatic rings. The molecule has 2 unspecified atom stereocenters. The van der Waals surface area contributed by atoms with Crippen molar-refractivity contribution in [1.29, 1.82) is 0 Å². The second kappa shape index (κ2) is 5.00. The van der Waals surface area contributed by atoms with E-state index in [1.165, 1.54) is 0 Å². The van der Waals surface area contributed by atoms with E-state index in [9.17, 15) is 5.11 Å². The van der Waals surface area contributed by atoms with Crippen molar-refractivity contribution in [3.05, 3.63) is 11.6 Å².